The molecule has 5 heteroatoms. The monoisotopic (exact) mass is 250 g/mol. The molecule has 2 N–H and O–H groups in total. The number of nitrogens with zero attached hydrogens (tertiary/aromatic N) is 2. The topological polar surface area (TPSA) is 49.4 Å². The summed E-state index contributed by atoms with van der Waals surface area (Å²) in [5, 5.41) is 6.46. The molecule has 0 unspecified atom stereocenters. The minimum absolute atomic E-state index is 0.878. The van der Waals surface area contributed by atoms with E-state index in [1.54, 1.807) is 0 Å². The Balaban J connectivity index is 1.65. The van der Waals surface area contributed by atoms with Crippen molar-refractivity contribution in [2.24, 2.45) is 0 Å². The van der Waals surface area contributed by atoms with Gasteiger partial charge in [0.2, 0.25) is 0 Å². The lowest BCUT2D eigenvalue weighted by atomic mass is 10.3. The van der Waals surface area contributed by atoms with Crippen LogP contribution in [0.4, 0.5) is 11.5 Å². The Morgan fingerprint density at radius 1 is 1.39 bits per heavy atom. The summed E-state index contributed by atoms with van der Waals surface area (Å²) in [5.41, 5.74) is 1.12. The van der Waals surface area contributed by atoms with E-state index in [0.717, 1.165) is 57.3 Å². The maximum Gasteiger partial charge on any atom is 0.127 e. The highest BCUT2D eigenvalue weighted by atomic mass is 16.5. The van der Waals surface area contributed by atoms with Gasteiger partial charge in [-0.15, -0.1) is 0 Å². The molecule has 100 valence electrons. The van der Waals surface area contributed by atoms with E-state index < -0.39 is 0 Å². The van der Waals surface area contributed by atoms with Crippen LogP contribution in [0.2, 0.25) is 0 Å². The highest BCUT2D eigenvalue weighted by Crippen LogP contribution is 2.11. The zero-order chi connectivity index (χ0) is 12.6. The second-order valence-corrected chi connectivity index (χ2v) is 4.41. The SMILES string of the molecule is CNc1cc(NCCCN2CCOCC2)ccn1. The lowest BCUT2D eigenvalue weighted by Crippen LogP contribution is -2.37. The number of hydrogen-bond acceptors (Lipinski definition) is 5. The quantitative estimate of drug-likeness (QED) is 0.744. The van der Waals surface area contributed by atoms with Crippen molar-refractivity contribution < 1.29 is 4.74 Å². The Labute approximate surface area is 109 Å². The Morgan fingerprint density at radius 3 is 3.00 bits per heavy atom. The summed E-state index contributed by atoms with van der Waals surface area (Å²) in [4.78, 5) is 6.64. The van der Waals surface area contributed by atoms with Crippen LogP contribution < -0.4 is 10.6 Å². The summed E-state index contributed by atoms with van der Waals surface area (Å²) in [6, 6.07) is 4.02. The van der Waals surface area contributed by atoms with Gasteiger partial charge in [0, 0.05) is 44.6 Å². The molecule has 1 fully saturated rings. The molecular formula is C13H22N4O. The second-order valence-electron chi connectivity index (χ2n) is 4.41. The molecule has 0 spiro atoms. The van der Waals surface area contributed by atoms with Gasteiger partial charge in [0.15, 0.2) is 0 Å². The molecule has 0 amide bonds. The predicted octanol–water partition coefficient (Wildman–Crippen LogP) is 1.26. The van der Waals surface area contributed by atoms with Gasteiger partial charge in [-0.2, -0.15) is 0 Å². The Morgan fingerprint density at radius 2 is 2.22 bits per heavy atom. The average Bonchev–Trinajstić information content (AvgIpc) is 2.45. The lowest BCUT2D eigenvalue weighted by Gasteiger charge is -2.26. The lowest BCUT2D eigenvalue weighted by molar-refractivity contribution is 0.0378. The maximum atomic E-state index is 5.33. The van der Waals surface area contributed by atoms with E-state index in [-0.39, 0.29) is 0 Å². The number of rotatable bonds is 6. The van der Waals surface area contributed by atoms with Gasteiger partial charge in [0.05, 0.1) is 13.2 Å². The third-order valence-corrected chi connectivity index (χ3v) is 3.10. The summed E-state index contributed by atoms with van der Waals surface area (Å²) in [7, 11) is 1.88. The Kier molecular flexibility index (Phi) is 5.23. The summed E-state index contributed by atoms with van der Waals surface area (Å²) < 4.78 is 5.33. The molecule has 0 aromatic carbocycles. The normalized spacial score (nSPS) is 16.5. The predicted molar refractivity (Wildman–Crippen MR) is 74.1 cm³/mol. The number of hydrogen-bond donors (Lipinski definition) is 2. The van der Waals surface area contributed by atoms with Crippen LogP contribution in [0.25, 0.3) is 0 Å². The van der Waals surface area contributed by atoms with Crippen molar-refractivity contribution in [1.29, 1.82) is 0 Å². The number of anilines is 2. The van der Waals surface area contributed by atoms with Crippen molar-refractivity contribution >= 4 is 11.5 Å². The third-order valence-electron chi connectivity index (χ3n) is 3.10. The Hall–Kier alpha value is -1.33. The van der Waals surface area contributed by atoms with Crippen LogP contribution in [-0.2, 0) is 4.74 Å². The first-order valence-corrected chi connectivity index (χ1v) is 6.56. The fraction of sp³-hybridized carbons (Fsp3) is 0.615. The zero-order valence-corrected chi connectivity index (χ0v) is 11.0. The molecule has 1 aliphatic rings. The molecule has 1 aromatic rings. The van der Waals surface area contributed by atoms with E-state index in [4.69, 9.17) is 4.74 Å². The molecule has 1 saturated heterocycles. The molecule has 0 atom stereocenters. The standard InChI is InChI=1S/C13H22N4O/c1-14-13-11-12(3-5-16-13)15-4-2-6-17-7-9-18-10-8-17/h3,5,11H,2,4,6-10H2,1H3,(H2,14,15,16). The van der Waals surface area contributed by atoms with Crippen LogP contribution in [0, 0.1) is 0 Å². The van der Waals surface area contributed by atoms with Crippen LogP contribution in [0.15, 0.2) is 18.3 Å². The van der Waals surface area contributed by atoms with Crippen molar-refractivity contribution in [3.05, 3.63) is 18.3 Å². The molecule has 18 heavy (non-hydrogen) atoms. The molecule has 5 nitrogen and oxygen atoms in total. The first kappa shape index (κ1) is 13.1. The Bertz CT molecular complexity index is 353. The molecular weight excluding hydrogens is 228 g/mol. The van der Waals surface area contributed by atoms with Gasteiger partial charge in [-0.1, -0.05) is 0 Å². The fourth-order valence-electron chi connectivity index (χ4n) is 2.04. The third kappa shape index (κ3) is 4.16. The van der Waals surface area contributed by atoms with Gasteiger partial charge in [-0.3, -0.25) is 4.90 Å². The molecule has 0 saturated carbocycles. The largest absolute Gasteiger partial charge is 0.385 e. The van der Waals surface area contributed by atoms with Gasteiger partial charge in [0.1, 0.15) is 5.82 Å². The minimum atomic E-state index is 0.878. The first-order valence-electron chi connectivity index (χ1n) is 6.56. The van der Waals surface area contributed by atoms with E-state index in [9.17, 15) is 0 Å². The molecule has 0 radical (unpaired) electrons. The summed E-state index contributed by atoms with van der Waals surface area (Å²) in [6.45, 7) is 6.02. The molecule has 0 aliphatic carbocycles. The van der Waals surface area contributed by atoms with E-state index in [1.807, 2.05) is 25.4 Å². The number of nitrogens with one attached hydrogen (secondary N) is 2. The van der Waals surface area contributed by atoms with Crippen molar-refractivity contribution in [1.82, 2.24) is 9.88 Å². The highest BCUT2D eigenvalue weighted by molar-refractivity contribution is 5.51. The van der Waals surface area contributed by atoms with Gasteiger partial charge in [-0.05, 0) is 19.0 Å². The summed E-state index contributed by atoms with van der Waals surface area (Å²) in [6.07, 6.45) is 2.97. The van der Waals surface area contributed by atoms with Crippen LogP contribution >= 0.6 is 0 Å². The number of morpholine rings is 1. The van der Waals surface area contributed by atoms with Gasteiger partial charge in [-0.25, -0.2) is 4.98 Å². The average molecular weight is 250 g/mol. The van der Waals surface area contributed by atoms with E-state index in [1.165, 1.54) is 0 Å². The molecule has 1 aromatic heterocycles. The van der Waals surface area contributed by atoms with Gasteiger partial charge in [0.25, 0.3) is 0 Å². The molecule has 2 heterocycles. The summed E-state index contributed by atoms with van der Waals surface area (Å²) >= 11 is 0. The van der Waals surface area contributed by atoms with Crippen molar-refractivity contribution in [3.8, 4) is 0 Å². The molecule has 0 bridgehead atoms. The highest BCUT2D eigenvalue weighted by Gasteiger charge is 2.08. The fourth-order valence-corrected chi connectivity index (χ4v) is 2.04. The number of aromatic nitrogens is 1. The second kappa shape index (κ2) is 7.18. The number of pyridine rings is 1. The van der Waals surface area contributed by atoms with Crippen LogP contribution in [0.1, 0.15) is 6.42 Å². The van der Waals surface area contributed by atoms with Gasteiger partial charge < -0.3 is 15.4 Å². The van der Waals surface area contributed by atoms with Crippen molar-refractivity contribution in [2.75, 3.05) is 57.1 Å². The van der Waals surface area contributed by atoms with Gasteiger partial charge >= 0.3 is 0 Å². The van der Waals surface area contributed by atoms with E-state index in [2.05, 4.69) is 20.5 Å². The smallest absolute Gasteiger partial charge is 0.127 e. The van der Waals surface area contributed by atoms with Crippen molar-refractivity contribution in [3.63, 3.8) is 0 Å². The first-order chi connectivity index (χ1) is 8.88. The van der Waals surface area contributed by atoms with E-state index in [0.29, 0.717) is 0 Å². The number of ether oxygens (including phenoxy) is 1. The molecule has 2 rings (SSSR count). The zero-order valence-electron chi connectivity index (χ0n) is 11.0. The van der Waals surface area contributed by atoms with Crippen LogP contribution in [0.3, 0.4) is 0 Å². The summed E-state index contributed by atoms with van der Waals surface area (Å²) in [5.74, 6) is 0.896. The van der Waals surface area contributed by atoms with Crippen LogP contribution in [0.5, 0.6) is 0 Å². The molecule has 1 aliphatic heterocycles. The van der Waals surface area contributed by atoms with Crippen molar-refractivity contribution in [2.45, 2.75) is 6.42 Å². The minimum Gasteiger partial charge on any atom is -0.385 e. The maximum absolute atomic E-state index is 5.33. The van der Waals surface area contributed by atoms with E-state index >= 15 is 0 Å². The van der Waals surface area contributed by atoms with Crippen LogP contribution in [-0.4, -0.2) is 56.3 Å².